The zero-order valence-electron chi connectivity index (χ0n) is 15.8. The number of hydrogen-bond acceptors (Lipinski definition) is 7. The summed E-state index contributed by atoms with van der Waals surface area (Å²) in [7, 11) is -2.33. The molecule has 158 valence electrons. The van der Waals surface area contributed by atoms with Crippen LogP contribution in [0.4, 0.5) is 0 Å². The zero-order chi connectivity index (χ0) is 20.9. The number of benzene rings is 1. The second-order valence-corrected chi connectivity index (χ2v) is 9.83. The lowest BCUT2D eigenvalue weighted by atomic mass is 9.97. The maximum atomic E-state index is 13.0. The molecule has 1 aromatic carbocycles. The van der Waals surface area contributed by atoms with E-state index in [1.165, 1.54) is 41.6 Å². The summed E-state index contributed by atoms with van der Waals surface area (Å²) >= 11 is 7.44. The predicted octanol–water partition coefficient (Wildman–Crippen LogP) is 1.78. The molecule has 0 saturated carbocycles. The van der Waals surface area contributed by atoms with Gasteiger partial charge in [0.1, 0.15) is 17.0 Å². The Morgan fingerprint density at radius 1 is 1.41 bits per heavy atom. The Morgan fingerprint density at radius 2 is 2.17 bits per heavy atom. The van der Waals surface area contributed by atoms with Gasteiger partial charge in [-0.25, -0.2) is 13.4 Å². The van der Waals surface area contributed by atoms with E-state index in [0.717, 1.165) is 0 Å². The molecule has 2 heterocycles. The third-order valence-corrected chi connectivity index (χ3v) is 7.63. The van der Waals surface area contributed by atoms with Crippen LogP contribution in [0.3, 0.4) is 0 Å². The second kappa shape index (κ2) is 9.79. The van der Waals surface area contributed by atoms with Crippen LogP contribution in [0.15, 0.2) is 34.6 Å². The number of nitrogens with one attached hydrogen (secondary N) is 2. The number of thioether (sulfide) groups is 1. The summed E-state index contributed by atoms with van der Waals surface area (Å²) in [5, 5.41) is 10.4. The first-order valence-electron chi connectivity index (χ1n) is 9.01. The Hall–Kier alpha value is -1.82. The average molecular weight is 460 g/mol. The Balaban J connectivity index is 1.51. The normalized spacial score (nSPS) is 15.9. The molecule has 12 heteroatoms. The van der Waals surface area contributed by atoms with E-state index in [-0.39, 0.29) is 35.6 Å². The molecule has 2 N–H and O–H groups in total. The Bertz CT molecular complexity index is 931. The fourth-order valence-corrected chi connectivity index (χ4v) is 5.60. The SMILES string of the molecule is COc1ccc(Cl)cc1S(=O)(=O)N1CCC(C(=O)NCCSc2ncn[nH]2)CC1. The van der Waals surface area contributed by atoms with E-state index in [4.69, 9.17) is 16.3 Å². The number of carbonyl (C=O) groups is 1. The highest BCUT2D eigenvalue weighted by molar-refractivity contribution is 7.99. The average Bonchev–Trinajstić information content (AvgIpc) is 3.24. The van der Waals surface area contributed by atoms with E-state index in [9.17, 15) is 13.2 Å². The monoisotopic (exact) mass is 459 g/mol. The maximum Gasteiger partial charge on any atom is 0.246 e. The van der Waals surface area contributed by atoms with Crippen LogP contribution in [-0.4, -0.2) is 66.3 Å². The van der Waals surface area contributed by atoms with Gasteiger partial charge in [0.05, 0.1) is 7.11 Å². The molecule has 0 aliphatic carbocycles. The van der Waals surface area contributed by atoms with E-state index >= 15 is 0 Å². The zero-order valence-corrected chi connectivity index (χ0v) is 18.2. The molecule has 0 unspecified atom stereocenters. The van der Waals surface area contributed by atoms with Gasteiger partial charge in [-0.15, -0.1) is 0 Å². The van der Waals surface area contributed by atoms with E-state index in [1.807, 2.05) is 0 Å². The Morgan fingerprint density at radius 3 is 2.83 bits per heavy atom. The van der Waals surface area contributed by atoms with Gasteiger partial charge >= 0.3 is 0 Å². The summed E-state index contributed by atoms with van der Waals surface area (Å²) < 4.78 is 32.5. The predicted molar refractivity (Wildman–Crippen MR) is 110 cm³/mol. The number of aromatic nitrogens is 3. The smallest absolute Gasteiger partial charge is 0.246 e. The number of H-pyrrole nitrogens is 1. The third-order valence-electron chi connectivity index (χ3n) is 4.60. The standard InChI is InChI=1S/C17H22ClN5O4S2/c1-27-14-3-2-13(18)10-15(14)29(25,26)23-7-4-12(5-8-23)16(24)19-6-9-28-17-20-11-21-22-17/h2-3,10-12H,4-9H2,1H3,(H,19,24)(H,20,21,22). The van der Waals surface area contributed by atoms with Crippen LogP contribution < -0.4 is 10.1 Å². The van der Waals surface area contributed by atoms with Gasteiger partial charge in [0.15, 0.2) is 5.16 Å². The van der Waals surface area contributed by atoms with Crippen LogP contribution >= 0.6 is 23.4 Å². The fraction of sp³-hybridized carbons (Fsp3) is 0.471. The fourth-order valence-electron chi connectivity index (χ4n) is 3.08. The van der Waals surface area contributed by atoms with Crippen LogP contribution in [0, 0.1) is 5.92 Å². The van der Waals surface area contributed by atoms with Crippen LogP contribution in [0.5, 0.6) is 5.75 Å². The summed E-state index contributed by atoms with van der Waals surface area (Å²) in [6.07, 6.45) is 2.36. The largest absolute Gasteiger partial charge is 0.495 e. The van der Waals surface area contributed by atoms with Crippen molar-refractivity contribution in [2.24, 2.45) is 5.92 Å². The molecule has 1 fully saturated rings. The van der Waals surface area contributed by atoms with Crippen LogP contribution in [-0.2, 0) is 14.8 Å². The number of amides is 1. The number of piperidine rings is 1. The van der Waals surface area contributed by atoms with Gasteiger partial charge in [0.2, 0.25) is 15.9 Å². The quantitative estimate of drug-likeness (QED) is 0.456. The highest BCUT2D eigenvalue weighted by Crippen LogP contribution is 2.31. The highest BCUT2D eigenvalue weighted by Gasteiger charge is 2.33. The summed E-state index contributed by atoms with van der Waals surface area (Å²) in [5.41, 5.74) is 0. The summed E-state index contributed by atoms with van der Waals surface area (Å²) in [6, 6.07) is 4.50. The summed E-state index contributed by atoms with van der Waals surface area (Å²) in [5.74, 6) is 0.653. The van der Waals surface area contributed by atoms with Crippen LogP contribution in [0.2, 0.25) is 5.02 Å². The maximum absolute atomic E-state index is 13.0. The first-order chi connectivity index (χ1) is 13.9. The number of ether oxygens (including phenoxy) is 1. The number of hydrogen-bond donors (Lipinski definition) is 2. The van der Waals surface area contributed by atoms with Gasteiger partial charge in [-0.1, -0.05) is 23.4 Å². The van der Waals surface area contributed by atoms with Crippen LogP contribution in [0.25, 0.3) is 0 Å². The minimum Gasteiger partial charge on any atom is -0.495 e. The molecule has 3 rings (SSSR count). The molecule has 0 spiro atoms. The van der Waals surface area contributed by atoms with Crippen molar-refractivity contribution < 1.29 is 17.9 Å². The first-order valence-corrected chi connectivity index (χ1v) is 11.8. The lowest BCUT2D eigenvalue weighted by Crippen LogP contribution is -2.43. The number of nitrogens with zero attached hydrogens (tertiary/aromatic N) is 3. The minimum absolute atomic E-state index is 0.0415. The molecule has 1 aromatic heterocycles. The number of sulfonamides is 1. The van der Waals surface area contributed by atoms with Gasteiger partial charge in [0.25, 0.3) is 0 Å². The number of carbonyl (C=O) groups excluding carboxylic acids is 1. The molecule has 0 radical (unpaired) electrons. The number of halogens is 1. The molecule has 0 bridgehead atoms. The minimum atomic E-state index is -3.75. The Labute approximate surface area is 178 Å². The lowest BCUT2D eigenvalue weighted by Gasteiger charge is -2.31. The molecule has 1 amide bonds. The van der Waals surface area contributed by atoms with E-state index < -0.39 is 10.0 Å². The number of aromatic amines is 1. The van der Waals surface area contributed by atoms with Gasteiger partial charge < -0.3 is 10.1 Å². The number of rotatable bonds is 8. The lowest BCUT2D eigenvalue weighted by molar-refractivity contribution is -0.125. The molecule has 2 aromatic rings. The molecular formula is C17H22ClN5O4S2. The second-order valence-electron chi connectivity index (χ2n) is 6.40. The van der Waals surface area contributed by atoms with Gasteiger partial charge in [0, 0.05) is 36.3 Å². The molecule has 1 aliphatic rings. The van der Waals surface area contributed by atoms with Crippen molar-refractivity contribution in [3.05, 3.63) is 29.5 Å². The van der Waals surface area contributed by atoms with Crippen molar-refractivity contribution in [2.75, 3.05) is 32.5 Å². The molecule has 1 aliphatic heterocycles. The van der Waals surface area contributed by atoms with Crippen molar-refractivity contribution in [3.63, 3.8) is 0 Å². The molecule has 9 nitrogen and oxygen atoms in total. The molecule has 0 atom stereocenters. The van der Waals surface area contributed by atoms with Crippen molar-refractivity contribution in [3.8, 4) is 5.75 Å². The summed E-state index contributed by atoms with van der Waals surface area (Å²) in [4.78, 5) is 16.4. The highest BCUT2D eigenvalue weighted by atomic mass is 35.5. The van der Waals surface area contributed by atoms with Gasteiger partial charge in [-0.05, 0) is 31.0 Å². The van der Waals surface area contributed by atoms with E-state index in [0.29, 0.717) is 35.3 Å². The third kappa shape index (κ3) is 5.41. The molecule has 29 heavy (non-hydrogen) atoms. The van der Waals surface area contributed by atoms with Crippen molar-refractivity contribution in [1.82, 2.24) is 24.8 Å². The first kappa shape index (κ1) is 21.9. The van der Waals surface area contributed by atoms with E-state index in [2.05, 4.69) is 20.5 Å². The number of methoxy groups -OCH3 is 1. The van der Waals surface area contributed by atoms with Crippen molar-refractivity contribution in [1.29, 1.82) is 0 Å². The van der Waals surface area contributed by atoms with Crippen LogP contribution in [0.1, 0.15) is 12.8 Å². The topological polar surface area (TPSA) is 117 Å². The van der Waals surface area contributed by atoms with Gasteiger partial charge in [-0.2, -0.15) is 9.40 Å². The Kier molecular flexibility index (Phi) is 7.38. The molecule has 1 saturated heterocycles. The van der Waals surface area contributed by atoms with E-state index in [1.54, 1.807) is 6.07 Å². The van der Waals surface area contributed by atoms with Gasteiger partial charge in [-0.3, -0.25) is 9.89 Å². The van der Waals surface area contributed by atoms with Crippen molar-refractivity contribution >= 4 is 39.3 Å². The summed E-state index contributed by atoms with van der Waals surface area (Å²) in [6.45, 7) is 1.04. The van der Waals surface area contributed by atoms with Crippen molar-refractivity contribution in [2.45, 2.75) is 22.9 Å². The molecular weight excluding hydrogens is 438 g/mol.